The molecule has 0 unspecified atom stereocenters. The molecule has 2 aliphatic rings. The first-order chi connectivity index (χ1) is 15.1. The number of likely N-dealkylation sites (tertiary alicyclic amines) is 1. The molecule has 1 fully saturated rings. The average Bonchev–Trinajstić information content (AvgIpc) is 3.25. The van der Waals surface area contributed by atoms with Gasteiger partial charge in [-0.05, 0) is 55.4 Å². The van der Waals surface area contributed by atoms with Gasteiger partial charge < -0.3 is 14.6 Å². The van der Waals surface area contributed by atoms with Crippen molar-refractivity contribution in [1.29, 1.82) is 0 Å². The fraction of sp³-hybridized carbons (Fsp3) is 0.522. The zero-order valence-electron chi connectivity index (χ0n) is 18.0. The summed E-state index contributed by atoms with van der Waals surface area (Å²) in [6.07, 6.45) is 7.90. The lowest BCUT2D eigenvalue weighted by atomic mass is 9.89. The number of nitrogens with one attached hydrogen (secondary N) is 1. The van der Waals surface area contributed by atoms with Crippen LogP contribution in [0.3, 0.4) is 0 Å². The summed E-state index contributed by atoms with van der Waals surface area (Å²) in [7, 11) is 1.68. The van der Waals surface area contributed by atoms with Gasteiger partial charge in [0.15, 0.2) is 0 Å². The number of rotatable bonds is 4. The van der Waals surface area contributed by atoms with Crippen LogP contribution in [0.4, 0.5) is 0 Å². The fourth-order valence-electron chi connectivity index (χ4n) is 4.98. The molecule has 0 radical (unpaired) electrons. The van der Waals surface area contributed by atoms with Crippen molar-refractivity contribution in [2.45, 2.75) is 57.5 Å². The Morgan fingerprint density at radius 1 is 1.19 bits per heavy atom. The molecular formula is C23H29N5O3. The summed E-state index contributed by atoms with van der Waals surface area (Å²) < 4.78 is 8.49. The Labute approximate surface area is 180 Å². The van der Waals surface area contributed by atoms with Crippen molar-refractivity contribution in [3.8, 4) is 5.75 Å². The monoisotopic (exact) mass is 423 g/mol. The molecule has 1 aromatic carbocycles. The maximum atomic E-state index is 12.9. The number of fused-ring (bicyclic) bond motifs is 2. The standard InChI is InChI=1S/C23H29N5O3/c1-31-17-6-7-20-18(13-17)19(14-24-20)16-8-11-26(12-9-16)22(29)15-28-23(30)27-10-4-2-3-5-21(27)25-28/h6-7,13-14,16,24H,2-5,8-12,15H2,1H3. The third-order valence-electron chi connectivity index (χ3n) is 6.77. The van der Waals surface area contributed by atoms with Crippen molar-refractivity contribution in [1.82, 2.24) is 24.2 Å². The van der Waals surface area contributed by atoms with Gasteiger partial charge in [-0.25, -0.2) is 9.48 Å². The predicted molar refractivity (Wildman–Crippen MR) is 117 cm³/mol. The highest BCUT2D eigenvalue weighted by Crippen LogP contribution is 2.34. The SMILES string of the molecule is COc1ccc2[nH]cc(C3CCN(C(=O)Cn4nc5n(c4=O)CCCCC5)CC3)c2c1. The number of methoxy groups -OCH3 is 1. The van der Waals surface area contributed by atoms with Gasteiger partial charge in [-0.1, -0.05) is 6.42 Å². The van der Waals surface area contributed by atoms with E-state index in [1.54, 1.807) is 11.7 Å². The quantitative estimate of drug-likeness (QED) is 0.699. The number of hydrogen-bond donors (Lipinski definition) is 1. The molecule has 5 rings (SSSR count). The third kappa shape index (κ3) is 3.75. The van der Waals surface area contributed by atoms with Crippen molar-refractivity contribution < 1.29 is 9.53 Å². The largest absolute Gasteiger partial charge is 0.497 e. The summed E-state index contributed by atoms with van der Waals surface area (Å²) in [6, 6.07) is 6.08. The molecule has 1 amide bonds. The second-order valence-corrected chi connectivity index (χ2v) is 8.63. The summed E-state index contributed by atoms with van der Waals surface area (Å²) in [5, 5.41) is 5.64. The Balaban J connectivity index is 1.25. The summed E-state index contributed by atoms with van der Waals surface area (Å²) in [5.41, 5.74) is 2.25. The molecular weight excluding hydrogens is 394 g/mol. The number of aryl methyl sites for hydroxylation is 1. The van der Waals surface area contributed by atoms with Gasteiger partial charge in [-0.3, -0.25) is 9.36 Å². The first kappa shape index (κ1) is 19.9. The van der Waals surface area contributed by atoms with E-state index in [0.717, 1.165) is 55.6 Å². The van der Waals surface area contributed by atoms with Crippen molar-refractivity contribution >= 4 is 16.8 Å². The Hall–Kier alpha value is -3.03. The molecule has 1 N–H and O–H groups in total. The Bertz CT molecular complexity index is 1150. The summed E-state index contributed by atoms with van der Waals surface area (Å²) in [6.45, 7) is 2.14. The molecule has 0 spiro atoms. The number of carbonyl (C=O) groups excluding carboxylic acids is 1. The van der Waals surface area contributed by atoms with Crippen molar-refractivity contribution in [3.05, 3.63) is 46.3 Å². The van der Waals surface area contributed by atoms with E-state index in [9.17, 15) is 9.59 Å². The van der Waals surface area contributed by atoms with Gasteiger partial charge >= 0.3 is 5.69 Å². The lowest BCUT2D eigenvalue weighted by Gasteiger charge is -2.32. The van der Waals surface area contributed by atoms with Crippen LogP contribution in [-0.4, -0.2) is 50.3 Å². The number of ether oxygens (including phenoxy) is 1. The molecule has 0 bridgehead atoms. The van der Waals surface area contributed by atoms with Crippen molar-refractivity contribution in [2.24, 2.45) is 0 Å². The maximum absolute atomic E-state index is 12.9. The van der Waals surface area contributed by atoms with E-state index in [4.69, 9.17) is 4.74 Å². The number of H-pyrrole nitrogens is 1. The van der Waals surface area contributed by atoms with E-state index in [1.165, 1.54) is 15.6 Å². The molecule has 0 saturated carbocycles. The minimum absolute atomic E-state index is 0.0191. The van der Waals surface area contributed by atoms with Crippen LogP contribution < -0.4 is 10.4 Å². The molecule has 31 heavy (non-hydrogen) atoms. The summed E-state index contributed by atoms with van der Waals surface area (Å²) in [5.74, 6) is 2.05. The van der Waals surface area contributed by atoms with Crippen LogP contribution in [0.15, 0.2) is 29.2 Å². The lowest BCUT2D eigenvalue weighted by Crippen LogP contribution is -2.41. The molecule has 8 heteroatoms. The Morgan fingerprint density at radius 2 is 2.03 bits per heavy atom. The van der Waals surface area contributed by atoms with Gasteiger partial charge in [0.2, 0.25) is 5.91 Å². The molecule has 4 heterocycles. The lowest BCUT2D eigenvalue weighted by molar-refractivity contribution is -0.133. The number of benzene rings is 1. The number of nitrogens with zero attached hydrogens (tertiary/aromatic N) is 4. The fourth-order valence-corrected chi connectivity index (χ4v) is 4.98. The van der Waals surface area contributed by atoms with Gasteiger partial charge in [0.05, 0.1) is 7.11 Å². The topological polar surface area (TPSA) is 85.2 Å². The third-order valence-corrected chi connectivity index (χ3v) is 6.77. The van der Waals surface area contributed by atoms with Crippen LogP contribution >= 0.6 is 0 Å². The number of aromatic nitrogens is 4. The smallest absolute Gasteiger partial charge is 0.346 e. The predicted octanol–water partition coefficient (Wildman–Crippen LogP) is 2.67. The zero-order chi connectivity index (χ0) is 21.4. The molecule has 2 aromatic heterocycles. The Kier molecular flexibility index (Phi) is 5.29. The highest BCUT2D eigenvalue weighted by molar-refractivity contribution is 5.85. The van der Waals surface area contributed by atoms with Gasteiger partial charge in [0, 0.05) is 43.2 Å². The van der Waals surface area contributed by atoms with E-state index in [2.05, 4.69) is 22.3 Å². The molecule has 2 aliphatic heterocycles. The van der Waals surface area contributed by atoms with Crippen LogP contribution in [0.5, 0.6) is 5.75 Å². The number of amides is 1. The van der Waals surface area contributed by atoms with Crippen LogP contribution in [0.2, 0.25) is 0 Å². The van der Waals surface area contributed by atoms with Gasteiger partial charge in [0.1, 0.15) is 18.1 Å². The minimum Gasteiger partial charge on any atom is -0.497 e. The van der Waals surface area contributed by atoms with Gasteiger partial charge in [-0.2, -0.15) is 5.10 Å². The second-order valence-electron chi connectivity index (χ2n) is 8.63. The van der Waals surface area contributed by atoms with Gasteiger partial charge in [-0.15, -0.1) is 0 Å². The van der Waals surface area contributed by atoms with E-state index < -0.39 is 0 Å². The zero-order valence-corrected chi connectivity index (χ0v) is 18.0. The minimum atomic E-state index is -0.145. The molecule has 8 nitrogen and oxygen atoms in total. The molecule has 0 aliphatic carbocycles. The highest BCUT2D eigenvalue weighted by atomic mass is 16.5. The molecule has 0 atom stereocenters. The van der Waals surface area contributed by atoms with E-state index in [1.807, 2.05) is 17.0 Å². The number of aromatic amines is 1. The van der Waals surface area contributed by atoms with Gasteiger partial charge in [0.25, 0.3) is 0 Å². The first-order valence-electron chi connectivity index (χ1n) is 11.2. The highest BCUT2D eigenvalue weighted by Gasteiger charge is 2.27. The van der Waals surface area contributed by atoms with Crippen LogP contribution in [0, 0.1) is 0 Å². The number of hydrogen-bond acceptors (Lipinski definition) is 4. The first-order valence-corrected chi connectivity index (χ1v) is 11.2. The van der Waals surface area contributed by atoms with E-state index in [0.29, 0.717) is 25.6 Å². The normalized spacial score (nSPS) is 17.5. The second kappa shape index (κ2) is 8.24. The number of piperidine rings is 1. The Morgan fingerprint density at radius 3 is 2.84 bits per heavy atom. The van der Waals surface area contributed by atoms with Crippen molar-refractivity contribution in [2.75, 3.05) is 20.2 Å². The van der Waals surface area contributed by atoms with E-state index >= 15 is 0 Å². The number of carbonyl (C=O) groups is 1. The summed E-state index contributed by atoms with van der Waals surface area (Å²) >= 11 is 0. The van der Waals surface area contributed by atoms with E-state index in [-0.39, 0.29) is 18.1 Å². The maximum Gasteiger partial charge on any atom is 0.346 e. The molecule has 3 aromatic rings. The van der Waals surface area contributed by atoms with Crippen LogP contribution in [0.25, 0.3) is 10.9 Å². The van der Waals surface area contributed by atoms with Crippen LogP contribution in [0.1, 0.15) is 49.4 Å². The average molecular weight is 424 g/mol. The molecule has 1 saturated heterocycles. The van der Waals surface area contributed by atoms with Crippen molar-refractivity contribution in [3.63, 3.8) is 0 Å². The molecule has 164 valence electrons. The van der Waals surface area contributed by atoms with Crippen LogP contribution in [-0.2, 0) is 24.3 Å². The summed E-state index contributed by atoms with van der Waals surface area (Å²) in [4.78, 5) is 30.8.